The predicted octanol–water partition coefficient (Wildman–Crippen LogP) is 3.88. The van der Waals surface area contributed by atoms with Gasteiger partial charge in [0, 0.05) is 17.1 Å². The zero-order valence-corrected chi connectivity index (χ0v) is 9.79. The number of nitrogens with one attached hydrogen (secondary N) is 1. The van der Waals surface area contributed by atoms with Crippen LogP contribution in [0.5, 0.6) is 0 Å². The minimum absolute atomic E-state index is 0.846. The third-order valence-corrected chi connectivity index (χ3v) is 3.72. The maximum atomic E-state index is 6.10. The van der Waals surface area contributed by atoms with Gasteiger partial charge >= 0.3 is 0 Å². The summed E-state index contributed by atoms with van der Waals surface area (Å²) in [5, 5.41) is 4.31. The van der Waals surface area contributed by atoms with Gasteiger partial charge in [0.25, 0.3) is 0 Å². The summed E-state index contributed by atoms with van der Waals surface area (Å²) in [4.78, 5) is 1.16. The van der Waals surface area contributed by atoms with E-state index in [0.717, 1.165) is 22.4 Å². The van der Waals surface area contributed by atoms with Gasteiger partial charge in [0.15, 0.2) is 0 Å². The van der Waals surface area contributed by atoms with Gasteiger partial charge in [0.05, 0.1) is 5.02 Å². The molecule has 0 spiro atoms. The lowest BCUT2D eigenvalue weighted by atomic mass is 10.3. The molecule has 1 aliphatic rings. The van der Waals surface area contributed by atoms with Gasteiger partial charge in [0.1, 0.15) is 0 Å². The van der Waals surface area contributed by atoms with Gasteiger partial charge in [-0.3, -0.25) is 0 Å². The Hall–Kier alpha value is -0.340. The van der Waals surface area contributed by atoms with Gasteiger partial charge in [-0.2, -0.15) is 0 Å². The summed E-state index contributed by atoms with van der Waals surface area (Å²) in [6.45, 7) is 1.09. The van der Waals surface area contributed by atoms with Crippen molar-refractivity contribution in [2.24, 2.45) is 5.92 Å². The van der Waals surface area contributed by atoms with Crippen LogP contribution in [-0.4, -0.2) is 12.8 Å². The van der Waals surface area contributed by atoms with Crippen LogP contribution in [0.3, 0.4) is 0 Å². The highest BCUT2D eigenvalue weighted by Gasteiger charge is 2.21. The highest BCUT2D eigenvalue weighted by Crippen LogP contribution is 2.34. The molecule has 1 saturated carbocycles. The SMILES string of the molecule is CSc1c(Cl)cccc1NCC1CC1. The number of rotatable bonds is 4. The predicted molar refractivity (Wildman–Crippen MR) is 64.4 cm³/mol. The smallest absolute Gasteiger partial charge is 0.0562 e. The average Bonchev–Trinajstić information content (AvgIpc) is 2.98. The molecule has 2 rings (SSSR count). The molecule has 0 aliphatic heterocycles. The van der Waals surface area contributed by atoms with Crippen LogP contribution in [0.1, 0.15) is 12.8 Å². The van der Waals surface area contributed by atoms with Crippen LogP contribution >= 0.6 is 23.4 Å². The number of hydrogen-bond donors (Lipinski definition) is 1. The van der Waals surface area contributed by atoms with Crippen molar-refractivity contribution in [1.82, 2.24) is 0 Å². The fraction of sp³-hybridized carbons (Fsp3) is 0.455. The quantitative estimate of drug-likeness (QED) is 0.784. The molecule has 14 heavy (non-hydrogen) atoms. The first kappa shape index (κ1) is 10.2. The summed E-state index contributed by atoms with van der Waals surface area (Å²) in [5.41, 5.74) is 1.18. The first-order valence-corrected chi connectivity index (χ1v) is 6.48. The second-order valence-corrected chi connectivity index (χ2v) is 4.87. The van der Waals surface area contributed by atoms with E-state index in [4.69, 9.17) is 11.6 Å². The lowest BCUT2D eigenvalue weighted by Crippen LogP contribution is -2.04. The molecule has 0 amide bonds. The van der Waals surface area contributed by atoms with Crippen molar-refractivity contribution in [3.63, 3.8) is 0 Å². The lowest BCUT2D eigenvalue weighted by Gasteiger charge is -2.10. The third kappa shape index (κ3) is 2.37. The van der Waals surface area contributed by atoms with Gasteiger partial charge in [-0.05, 0) is 37.1 Å². The van der Waals surface area contributed by atoms with Crippen LogP contribution in [-0.2, 0) is 0 Å². The van der Waals surface area contributed by atoms with Crippen molar-refractivity contribution >= 4 is 29.1 Å². The van der Waals surface area contributed by atoms with Crippen LogP contribution in [0.2, 0.25) is 5.02 Å². The molecular weight excluding hydrogens is 214 g/mol. The molecule has 0 unspecified atom stereocenters. The van der Waals surface area contributed by atoms with E-state index < -0.39 is 0 Å². The Morgan fingerprint density at radius 1 is 1.50 bits per heavy atom. The van der Waals surface area contributed by atoms with Crippen molar-refractivity contribution in [2.75, 3.05) is 18.1 Å². The molecule has 1 aliphatic carbocycles. The standard InChI is InChI=1S/C11H14ClNS/c1-14-11-9(12)3-2-4-10(11)13-7-8-5-6-8/h2-4,8,13H,5-7H2,1H3. The Balaban J connectivity index is 2.09. The summed E-state index contributed by atoms with van der Waals surface area (Å²) in [6, 6.07) is 6.03. The Kier molecular flexibility index (Phi) is 3.24. The molecule has 1 nitrogen and oxygen atoms in total. The lowest BCUT2D eigenvalue weighted by molar-refractivity contribution is 0.886. The summed E-state index contributed by atoms with van der Waals surface area (Å²) in [6.07, 6.45) is 4.81. The third-order valence-electron chi connectivity index (χ3n) is 2.45. The number of anilines is 1. The number of hydrogen-bond acceptors (Lipinski definition) is 2. The van der Waals surface area contributed by atoms with Gasteiger partial charge in [0.2, 0.25) is 0 Å². The van der Waals surface area contributed by atoms with E-state index in [1.807, 2.05) is 12.1 Å². The summed E-state index contributed by atoms with van der Waals surface area (Å²) in [5.74, 6) is 0.892. The van der Waals surface area contributed by atoms with Crippen molar-refractivity contribution < 1.29 is 0 Å². The van der Waals surface area contributed by atoms with E-state index in [-0.39, 0.29) is 0 Å². The molecule has 0 atom stereocenters. The van der Waals surface area contributed by atoms with Crippen molar-refractivity contribution in [3.8, 4) is 0 Å². The molecule has 3 heteroatoms. The van der Waals surface area contributed by atoms with E-state index in [9.17, 15) is 0 Å². The Bertz CT molecular complexity index is 323. The van der Waals surface area contributed by atoms with Crippen molar-refractivity contribution in [3.05, 3.63) is 23.2 Å². The fourth-order valence-electron chi connectivity index (χ4n) is 1.43. The van der Waals surface area contributed by atoms with Crippen LogP contribution in [0.25, 0.3) is 0 Å². The van der Waals surface area contributed by atoms with Crippen LogP contribution in [0.4, 0.5) is 5.69 Å². The monoisotopic (exact) mass is 227 g/mol. The summed E-state index contributed by atoms with van der Waals surface area (Å²) < 4.78 is 0. The first-order chi connectivity index (χ1) is 6.81. The van der Waals surface area contributed by atoms with E-state index in [2.05, 4.69) is 17.6 Å². The molecule has 1 aromatic rings. The maximum absolute atomic E-state index is 6.10. The van der Waals surface area contributed by atoms with E-state index in [1.165, 1.54) is 18.5 Å². The maximum Gasteiger partial charge on any atom is 0.0562 e. The topological polar surface area (TPSA) is 12.0 Å². The normalized spacial score (nSPS) is 15.6. The highest BCUT2D eigenvalue weighted by molar-refractivity contribution is 7.98. The van der Waals surface area contributed by atoms with Crippen molar-refractivity contribution in [1.29, 1.82) is 0 Å². The average molecular weight is 228 g/mol. The Morgan fingerprint density at radius 2 is 2.29 bits per heavy atom. The Labute approximate surface area is 94.2 Å². The largest absolute Gasteiger partial charge is 0.384 e. The van der Waals surface area contributed by atoms with E-state index in [0.29, 0.717) is 0 Å². The van der Waals surface area contributed by atoms with Gasteiger partial charge in [-0.15, -0.1) is 11.8 Å². The molecular formula is C11H14ClNS. The molecule has 0 aromatic heterocycles. The molecule has 0 heterocycles. The number of thioether (sulfide) groups is 1. The zero-order chi connectivity index (χ0) is 9.97. The van der Waals surface area contributed by atoms with Gasteiger partial charge < -0.3 is 5.32 Å². The second-order valence-electron chi connectivity index (χ2n) is 3.64. The Morgan fingerprint density at radius 3 is 2.93 bits per heavy atom. The second kappa shape index (κ2) is 4.45. The van der Waals surface area contributed by atoms with E-state index >= 15 is 0 Å². The molecule has 76 valence electrons. The fourth-order valence-corrected chi connectivity index (χ4v) is 2.46. The van der Waals surface area contributed by atoms with Crippen molar-refractivity contribution in [2.45, 2.75) is 17.7 Å². The van der Waals surface area contributed by atoms with Crippen LogP contribution in [0.15, 0.2) is 23.1 Å². The number of halogens is 1. The molecule has 0 saturated heterocycles. The highest BCUT2D eigenvalue weighted by atomic mass is 35.5. The zero-order valence-electron chi connectivity index (χ0n) is 8.22. The molecule has 0 radical (unpaired) electrons. The first-order valence-electron chi connectivity index (χ1n) is 4.87. The van der Waals surface area contributed by atoms with Crippen LogP contribution < -0.4 is 5.32 Å². The van der Waals surface area contributed by atoms with Gasteiger partial charge in [-0.1, -0.05) is 17.7 Å². The molecule has 1 fully saturated rings. The molecule has 1 aromatic carbocycles. The van der Waals surface area contributed by atoms with Crippen LogP contribution in [0, 0.1) is 5.92 Å². The number of benzene rings is 1. The molecule has 1 N–H and O–H groups in total. The summed E-state index contributed by atoms with van der Waals surface area (Å²) >= 11 is 7.80. The minimum atomic E-state index is 0.846. The summed E-state index contributed by atoms with van der Waals surface area (Å²) in [7, 11) is 0. The van der Waals surface area contributed by atoms with Gasteiger partial charge in [-0.25, -0.2) is 0 Å². The van der Waals surface area contributed by atoms with E-state index in [1.54, 1.807) is 11.8 Å². The minimum Gasteiger partial charge on any atom is -0.384 e. The molecule has 0 bridgehead atoms.